The first-order valence-electron chi connectivity index (χ1n) is 10.4. The maximum atomic E-state index is 13.3. The molecule has 3 heterocycles. The molecule has 2 N–H and O–H groups in total. The van der Waals surface area contributed by atoms with Crippen LogP contribution in [-0.4, -0.2) is 41.1 Å². The number of pyridine rings is 2. The molecule has 1 amide bonds. The lowest BCUT2D eigenvalue weighted by Crippen LogP contribution is -2.34. The highest BCUT2D eigenvalue weighted by Crippen LogP contribution is 2.28. The standard InChI is InChI=1S/C24H25N5O4/c1-14-6-5-10-29-21(14)27-22-17(24(29)31)13-16(23(30)26-2)20(25)28(22)11-9-15-7-8-18(32-3)19(12-15)33-4/h5-8,10,12-13,25H,9,11H2,1-4H3,(H,26,30). The van der Waals surface area contributed by atoms with Gasteiger partial charge in [-0.25, -0.2) is 4.98 Å². The number of carbonyl (C=O) groups is 1. The van der Waals surface area contributed by atoms with Crippen molar-refractivity contribution in [3.63, 3.8) is 0 Å². The first kappa shape index (κ1) is 22.1. The van der Waals surface area contributed by atoms with Gasteiger partial charge in [0.05, 0.1) is 25.2 Å². The number of rotatable bonds is 6. The topological polar surface area (TPSA) is 111 Å². The van der Waals surface area contributed by atoms with E-state index >= 15 is 0 Å². The maximum absolute atomic E-state index is 13.3. The number of fused-ring (bicyclic) bond motifs is 2. The zero-order valence-electron chi connectivity index (χ0n) is 18.9. The quantitative estimate of drug-likeness (QED) is 0.440. The molecule has 0 saturated carbocycles. The van der Waals surface area contributed by atoms with Crippen LogP contribution in [0, 0.1) is 12.3 Å². The van der Waals surface area contributed by atoms with Crippen LogP contribution in [0.5, 0.6) is 11.5 Å². The van der Waals surface area contributed by atoms with Crippen LogP contribution in [0.4, 0.5) is 0 Å². The second-order valence-electron chi connectivity index (χ2n) is 7.62. The number of hydrogen-bond donors (Lipinski definition) is 2. The maximum Gasteiger partial charge on any atom is 0.267 e. The molecule has 0 saturated heterocycles. The Hall–Kier alpha value is -4.14. The van der Waals surface area contributed by atoms with Crippen LogP contribution in [0.2, 0.25) is 0 Å². The van der Waals surface area contributed by atoms with Gasteiger partial charge in [-0.2, -0.15) is 0 Å². The summed E-state index contributed by atoms with van der Waals surface area (Å²) in [6.45, 7) is 2.21. The van der Waals surface area contributed by atoms with Crippen LogP contribution in [0.1, 0.15) is 21.5 Å². The van der Waals surface area contributed by atoms with E-state index in [0.29, 0.717) is 35.8 Å². The van der Waals surface area contributed by atoms with Gasteiger partial charge in [0.1, 0.15) is 16.8 Å². The van der Waals surface area contributed by atoms with Crippen LogP contribution in [0.15, 0.2) is 47.4 Å². The predicted molar refractivity (Wildman–Crippen MR) is 124 cm³/mol. The number of aromatic nitrogens is 3. The summed E-state index contributed by atoms with van der Waals surface area (Å²) in [6.07, 6.45) is 2.18. The summed E-state index contributed by atoms with van der Waals surface area (Å²) < 4.78 is 13.8. The number of aryl methyl sites for hydroxylation is 3. The van der Waals surface area contributed by atoms with Crippen molar-refractivity contribution in [2.45, 2.75) is 19.9 Å². The van der Waals surface area contributed by atoms with Crippen molar-refractivity contribution in [3.05, 3.63) is 75.1 Å². The molecule has 0 aliphatic rings. The van der Waals surface area contributed by atoms with E-state index in [2.05, 4.69) is 5.32 Å². The molecular formula is C24H25N5O4. The first-order chi connectivity index (χ1) is 15.9. The summed E-state index contributed by atoms with van der Waals surface area (Å²) in [5, 5.41) is 11.5. The Labute approximate surface area is 189 Å². The van der Waals surface area contributed by atoms with Crippen LogP contribution in [0.3, 0.4) is 0 Å². The molecule has 33 heavy (non-hydrogen) atoms. The normalized spacial score (nSPS) is 11.0. The minimum Gasteiger partial charge on any atom is -0.493 e. The van der Waals surface area contributed by atoms with E-state index < -0.39 is 5.91 Å². The highest BCUT2D eigenvalue weighted by Gasteiger charge is 2.17. The van der Waals surface area contributed by atoms with Gasteiger partial charge in [-0.05, 0) is 48.7 Å². The predicted octanol–water partition coefficient (Wildman–Crippen LogP) is 2.06. The van der Waals surface area contributed by atoms with Gasteiger partial charge < -0.3 is 19.4 Å². The third kappa shape index (κ3) is 3.82. The number of methoxy groups -OCH3 is 2. The molecular weight excluding hydrogens is 422 g/mol. The largest absolute Gasteiger partial charge is 0.493 e. The summed E-state index contributed by atoms with van der Waals surface area (Å²) in [6, 6.07) is 10.7. The van der Waals surface area contributed by atoms with E-state index in [1.54, 1.807) is 31.0 Å². The van der Waals surface area contributed by atoms with Gasteiger partial charge in [-0.1, -0.05) is 12.1 Å². The number of nitrogens with zero attached hydrogens (tertiary/aromatic N) is 3. The number of benzene rings is 1. The molecule has 0 radical (unpaired) electrons. The molecule has 3 aromatic heterocycles. The monoisotopic (exact) mass is 447 g/mol. The Morgan fingerprint density at radius 2 is 1.88 bits per heavy atom. The van der Waals surface area contributed by atoms with Gasteiger partial charge in [0.25, 0.3) is 11.5 Å². The number of amides is 1. The molecule has 170 valence electrons. The van der Waals surface area contributed by atoms with Crippen molar-refractivity contribution < 1.29 is 14.3 Å². The summed E-state index contributed by atoms with van der Waals surface area (Å²) >= 11 is 0. The average Bonchev–Trinajstić information content (AvgIpc) is 2.83. The Morgan fingerprint density at radius 3 is 2.58 bits per heavy atom. The number of nitrogens with one attached hydrogen (secondary N) is 2. The minimum absolute atomic E-state index is 0.00726. The Balaban J connectivity index is 1.92. The van der Waals surface area contributed by atoms with Crippen molar-refractivity contribution in [2.75, 3.05) is 21.3 Å². The molecule has 0 fully saturated rings. The van der Waals surface area contributed by atoms with Crippen molar-refractivity contribution in [3.8, 4) is 11.5 Å². The summed E-state index contributed by atoms with van der Waals surface area (Å²) in [7, 11) is 4.64. The number of carbonyl (C=O) groups excluding carboxylic acids is 1. The molecule has 0 unspecified atom stereocenters. The van der Waals surface area contributed by atoms with Crippen molar-refractivity contribution in [2.24, 2.45) is 0 Å². The van der Waals surface area contributed by atoms with Gasteiger partial charge >= 0.3 is 0 Å². The fourth-order valence-corrected chi connectivity index (χ4v) is 3.90. The molecule has 0 spiro atoms. The third-order valence-electron chi connectivity index (χ3n) is 5.68. The van der Waals surface area contributed by atoms with E-state index in [-0.39, 0.29) is 22.0 Å². The lowest BCUT2D eigenvalue weighted by Gasteiger charge is -2.15. The third-order valence-corrected chi connectivity index (χ3v) is 5.68. The Bertz CT molecular complexity index is 1500. The van der Waals surface area contributed by atoms with Crippen LogP contribution in [-0.2, 0) is 13.0 Å². The smallest absolute Gasteiger partial charge is 0.267 e. The molecule has 9 heteroatoms. The van der Waals surface area contributed by atoms with Crippen LogP contribution >= 0.6 is 0 Å². The van der Waals surface area contributed by atoms with Gasteiger partial charge in [0, 0.05) is 19.8 Å². The molecule has 4 aromatic rings. The van der Waals surface area contributed by atoms with Gasteiger partial charge in [-0.15, -0.1) is 0 Å². The molecule has 0 bridgehead atoms. The van der Waals surface area contributed by atoms with E-state index in [1.165, 1.54) is 17.5 Å². The Kier molecular flexibility index (Phi) is 5.87. The molecule has 0 aliphatic carbocycles. The minimum atomic E-state index is -0.435. The highest BCUT2D eigenvalue weighted by molar-refractivity contribution is 5.96. The second-order valence-corrected chi connectivity index (χ2v) is 7.62. The molecule has 0 aliphatic heterocycles. The van der Waals surface area contributed by atoms with E-state index in [0.717, 1.165) is 11.1 Å². The number of ether oxygens (including phenoxy) is 2. The van der Waals surface area contributed by atoms with E-state index in [4.69, 9.17) is 19.9 Å². The Morgan fingerprint density at radius 1 is 1.12 bits per heavy atom. The van der Waals surface area contributed by atoms with Crippen LogP contribution in [0.25, 0.3) is 16.7 Å². The second kappa shape index (κ2) is 8.78. The van der Waals surface area contributed by atoms with Gasteiger partial charge in [-0.3, -0.25) is 19.4 Å². The fraction of sp³-hybridized carbons (Fsp3) is 0.250. The fourth-order valence-electron chi connectivity index (χ4n) is 3.90. The lowest BCUT2D eigenvalue weighted by molar-refractivity contribution is 0.0960. The van der Waals surface area contributed by atoms with Crippen LogP contribution < -0.4 is 25.8 Å². The van der Waals surface area contributed by atoms with E-state index in [9.17, 15) is 9.59 Å². The molecule has 0 atom stereocenters. The molecule has 9 nitrogen and oxygen atoms in total. The molecule has 4 rings (SSSR count). The van der Waals surface area contributed by atoms with Gasteiger partial charge in [0.15, 0.2) is 11.5 Å². The van der Waals surface area contributed by atoms with Crippen molar-refractivity contribution in [1.29, 1.82) is 5.41 Å². The first-order valence-corrected chi connectivity index (χ1v) is 10.4. The summed E-state index contributed by atoms with van der Waals surface area (Å²) in [5.41, 5.74) is 2.49. The number of hydrogen-bond acceptors (Lipinski definition) is 6. The van der Waals surface area contributed by atoms with E-state index in [1.807, 2.05) is 31.2 Å². The SMILES string of the molecule is CNC(=O)c1cc2c(=O)n3cccc(C)c3nc2n(CCc2ccc(OC)c(OC)c2)c1=N. The van der Waals surface area contributed by atoms with Gasteiger partial charge in [0.2, 0.25) is 0 Å². The average molecular weight is 447 g/mol. The lowest BCUT2D eigenvalue weighted by atomic mass is 10.1. The molecule has 1 aromatic carbocycles. The highest BCUT2D eigenvalue weighted by atomic mass is 16.5. The summed E-state index contributed by atoms with van der Waals surface area (Å²) in [4.78, 5) is 30.5. The summed E-state index contributed by atoms with van der Waals surface area (Å²) in [5.74, 6) is 0.794. The zero-order chi connectivity index (χ0) is 23.7. The van der Waals surface area contributed by atoms with Crippen molar-refractivity contribution >= 4 is 22.6 Å². The zero-order valence-corrected chi connectivity index (χ0v) is 18.9. The van der Waals surface area contributed by atoms with Crippen molar-refractivity contribution in [1.82, 2.24) is 19.3 Å².